The molecule has 1 aromatic carbocycles. The molecule has 1 amide bonds. The summed E-state index contributed by atoms with van der Waals surface area (Å²) in [5.41, 5.74) is 6.74. The number of benzene rings is 1. The van der Waals surface area contributed by atoms with Crippen molar-refractivity contribution in [3.05, 3.63) is 23.8 Å². The Labute approximate surface area is 144 Å². The molecule has 0 saturated heterocycles. The van der Waals surface area contributed by atoms with Gasteiger partial charge in [0.1, 0.15) is 0 Å². The highest BCUT2D eigenvalue weighted by Gasteiger charge is 2.31. The average molecular weight is 343 g/mol. The van der Waals surface area contributed by atoms with Crippen molar-refractivity contribution >= 4 is 18.3 Å². The lowest BCUT2D eigenvalue weighted by molar-refractivity contribution is -0.126. The van der Waals surface area contributed by atoms with E-state index >= 15 is 0 Å². The monoisotopic (exact) mass is 342 g/mol. The zero-order valence-electron chi connectivity index (χ0n) is 13.8. The number of methoxy groups -OCH3 is 1. The van der Waals surface area contributed by atoms with E-state index in [1.165, 1.54) is 0 Å². The Bertz CT molecular complexity index is 511. The third-order valence-corrected chi connectivity index (χ3v) is 4.29. The molecule has 5 nitrogen and oxygen atoms in total. The summed E-state index contributed by atoms with van der Waals surface area (Å²) < 4.78 is 10.8. The predicted molar refractivity (Wildman–Crippen MR) is 93.1 cm³/mol. The maximum atomic E-state index is 12.3. The van der Waals surface area contributed by atoms with E-state index in [0.29, 0.717) is 31.4 Å². The number of hydrogen-bond donors (Lipinski definition) is 2. The molecule has 2 atom stereocenters. The van der Waals surface area contributed by atoms with E-state index in [2.05, 4.69) is 5.32 Å². The van der Waals surface area contributed by atoms with E-state index in [0.717, 1.165) is 30.6 Å². The Morgan fingerprint density at radius 2 is 2.13 bits per heavy atom. The van der Waals surface area contributed by atoms with Crippen molar-refractivity contribution < 1.29 is 14.3 Å². The van der Waals surface area contributed by atoms with Crippen molar-refractivity contribution in [2.75, 3.05) is 20.3 Å². The Morgan fingerprint density at radius 3 is 2.78 bits per heavy atom. The third-order valence-electron chi connectivity index (χ3n) is 4.29. The number of halogens is 1. The van der Waals surface area contributed by atoms with Crippen LogP contribution in [0, 0.1) is 11.8 Å². The minimum atomic E-state index is 0. The van der Waals surface area contributed by atoms with Crippen LogP contribution in [0.4, 0.5) is 0 Å². The van der Waals surface area contributed by atoms with Gasteiger partial charge in [0.15, 0.2) is 11.5 Å². The first-order valence-corrected chi connectivity index (χ1v) is 7.97. The smallest absolute Gasteiger partial charge is 0.223 e. The first kappa shape index (κ1) is 19.6. The number of nitrogens with two attached hydrogens (primary N) is 1. The molecule has 1 fully saturated rings. The second-order valence-corrected chi connectivity index (χ2v) is 5.67. The van der Waals surface area contributed by atoms with Crippen LogP contribution < -0.4 is 20.5 Å². The van der Waals surface area contributed by atoms with Crippen molar-refractivity contribution in [3.63, 3.8) is 0 Å². The van der Waals surface area contributed by atoms with Gasteiger partial charge in [-0.05, 0) is 49.9 Å². The number of ether oxygens (including phenoxy) is 2. The van der Waals surface area contributed by atoms with E-state index < -0.39 is 0 Å². The zero-order chi connectivity index (χ0) is 15.9. The summed E-state index contributed by atoms with van der Waals surface area (Å²) in [4.78, 5) is 12.3. The quantitative estimate of drug-likeness (QED) is 0.798. The standard InChI is InChI=1S/C17H26N2O3.ClH/c1-3-22-15-8-7-12(9-16(15)21-2)11-19-17(20)14-6-4-5-13(14)10-18;/h7-9,13-14H,3-6,10-11,18H2,1-2H3,(H,19,20);1H/t13-,14-;/m1./s1. The van der Waals surface area contributed by atoms with Crippen LogP contribution in [0.2, 0.25) is 0 Å². The van der Waals surface area contributed by atoms with Gasteiger partial charge in [0.05, 0.1) is 13.7 Å². The molecule has 0 bridgehead atoms. The summed E-state index contributed by atoms with van der Waals surface area (Å²) in [5.74, 6) is 1.92. The third kappa shape index (κ3) is 5.01. The van der Waals surface area contributed by atoms with Crippen molar-refractivity contribution in [1.82, 2.24) is 5.32 Å². The van der Waals surface area contributed by atoms with Gasteiger partial charge < -0.3 is 20.5 Å². The molecule has 2 rings (SSSR count). The van der Waals surface area contributed by atoms with Gasteiger partial charge >= 0.3 is 0 Å². The molecule has 3 N–H and O–H groups in total. The zero-order valence-corrected chi connectivity index (χ0v) is 14.7. The Morgan fingerprint density at radius 1 is 1.35 bits per heavy atom. The van der Waals surface area contributed by atoms with Crippen LogP contribution in [0.5, 0.6) is 11.5 Å². The van der Waals surface area contributed by atoms with E-state index in [4.69, 9.17) is 15.2 Å². The normalized spacial score (nSPS) is 19.8. The lowest BCUT2D eigenvalue weighted by atomic mass is 9.95. The van der Waals surface area contributed by atoms with Crippen LogP contribution in [-0.4, -0.2) is 26.2 Å². The molecule has 6 heteroatoms. The van der Waals surface area contributed by atoms with Crippen molar-refractivity contribution in [2.24, 2.45) is 17.6 Å². The summed E-state index contributed by atoms with van der Waals surface area (Å²) in [7, 11) is 1.62. The largest absolute Gasteiger partial charge is 0.493 e. The Kier molecular flexibility index (Phi) is 8.20. The SMILES string of the molecule is CCOc1ccc(CNC(=O)[C@@H]2CCC[C@@H]2CN)cc1OC.Cl. The molecule has 23 heavy (non-hydrogen) atoms. The summed E-state index contributed by atoms with van der Waals surface area (Å²) in [6.07, 6.45) is 3.10. The topological polar surface area (TPSA) is 73.6 Å². The minimum absolute atomic E-state index is 0. The van der Waals surface area contributed by atoms with E-state index in [1.807, 2.05) is 25.1 Å². The average Bonchev–Trinajstić information content (AvgIpc) is 3.02. The highest BCUT2D eigenvalue weighted by atomic mass is 35.5. The summed E-state index contributed by atoms with van der Waals surface area (Å²) in [6.45, 7) is 3.61. The number of carbonyl (C=O) groups is 1. The molecule has 0 heterocycles. The van der Waals surface area contributed by atoms with Gasteiger partial charge in [-0.3, -0.25) is 4.79 Å². The molecule has 1 aliphatic rings. The highest BCUT2D eigenvalue weighted by molar-refractivity contribution is 5.85. The fourth-order valence-corrected chi connectivity index (χ4v) is 3.08. The molecular weight excluding hydrogens is 316 g/mol. The van der Waals surface area contributed by atoms with Crippen LogP contribution >= 0.6 is 12.4 Å². The molecule has 130 valence electrons. The van der Waals surface area contributed by atoms with Gasteiger partial charge in [-0.2, -0.15) is 0 Å². The first-order chi connectivity index (χ1) is 10.7. The second-order valence-electron chi connectivity index (χ2n) is 5.67. The first-order valence-electron chi connectivity index (χ1n) is 7.97. The van der Waals surface area contributed by atoms with Crippen molar-refractivity contribution in [2.45, 2.75) is 32.7 Å². The molecule has 0 unspecified atom stereocenters. The van der Waals surface area contributed by atoms with Crippen LogP contribution in [0.3, 0.4) is 0 Å². The van der Waals surface area contributed by atoms with Gasteiger partial charge in [0.2, 0.25) is 5.91 Å². The number of nitrogens with one attached hydrogen (secondary N) is 1. The predicted octanol–water partition coefficient (Wildman–Crippen LogP) is 2.51. The lowest BCUT2D eigenvalue weighted by Crippen LogP contribution is -2.34. The molecule has 1 aliphatic carbocycles. The Balaban J connectivity index is 0.00000264. The van der Waals surface area contributed by atoms with Gasteiger partial charge in [0.25, 0.3) is 0 Å². The van der Waals surface area contributed by atoms with Gasteiger partial charge in [-0.15, -0.1) is 12.4 Å². The molecule has 0 aromatic heterocycles. The number of rotatable bonds is 7. The van der Waals surface area contributed by atoms with E-state index in [-0.39, 0.29) is 24.2 Å². The fourth-order valence-electron chi connectivity index (χ4n) is 3.08. The van der Waals surface area contributed by atoms with Crippen LogP contribution in [0.1, 0.15) is 31.7 Å². The minimum Gasteiger partial charge on any atom is -0.493 e. The fraction of sp³-hybridized carbons (Fsp3) is 0.588. The molecular formula is C17H27ClN2O3. The number of carbonyl (C=O) groups excluding carboxylic acids is 1. The summed E-state index contributed by atoms with van der Waals surface area (Å²) in [5, 5.41) is 3.02. The van der Waals surface area contributed by atoms with Crippen LogP contribution in [0.15, 0.2) is 18.2 Å². The summed E-state index contributed by atoms with van der Waals surface area (Å²) in [6, 6.07) is 5.73. The van der Waals surface area contributed by atoms with Crippen LogP contribution in [-0.2, 0) is 11.3 Å². The summed E-state index contributed by atoms with van der Waals surface area (Å²) >= 11 is 0. The number of amides is 1. The molecule has 1 aromatic rings. The van der Waals surface area contributed by atoms with E-state index in [9.17, 15) is 4.79 Å². The van der Waals surface area contributed by atoms with Gasteiger partial charge in [-0.1, -0.05) is 12.5 Å². The second kappa shape index (κ2) is 9.63. The highest BCUT2D eigenvalue weighted by Crippen LogP contribution is 2.31. The van der Waals surface area contributed by atoms with Gasteiger partial charge in [0, 0.05) is 12.5 Å². The van der Waals surface area contributed by atoms with E-state index in [1.54, 1.807) is 7.11 Å². The van der Waals surface area contributed by atoms with Gasteiger partial charge in [-0.25, -0.2) is 0 Å². The Hall–Kier alpha value is -1.46. The number of hydrogen-bond acceptors (Lipinski definition) is 4. The molecule has 0 spiro atoms. The maximum absolute atomic E-state index is 12.3. The molecule has 0 aliphatic heterocycles. The maximum Gasteiger partial charge on any atom is 0.223 e. The molecule has 1 saturated carbocycles. The molecule has 0 radical (unpaired) electrons. The van der Waals surface area contributed by atoms with Crippen molar-refractivity contribution in [3.8, 4) is 11.5 Å². The van der Waals surface area contributed by atoms with Crippen molar-refractivity contribution in [1.29, 1.82) is 0 Å². The lowest BCUT2D eigenvalue weighted by Gasteiger charge is -2.17. The van der Waals surface area contributed by atoms with Crippen LogP contribution in [0.25, 0.3) is 0 Å².